The normalized spacial score (nSPS) is 11.3. The second-order valence-corrected chi connectivity index (χ2v) is 11.9. The Balaban J connectivity index is 2.08. The molecular weight excluding hydrogens is 822 g/mol. The van der Waals surface area contributed by atoms with E-state index in [-0.39, 0.29) is 68.8 Å². The smallest absolute Gasteiger partial charge is 0.416 e. The van der Waals surface area contributed by atoms with E-state index in [2.05, 4.69) is 43.7 Å². The minimum atomic E-state index is -4.76. The van der Waals surface area contributed by atoms with E-state index >= 15 is 0 Å². The first kappa shape index (κ1) is 38.5. The van der Waals surface area contributed by atoms with Crippen LogP contribution in [-0.4, -0.2) is 23.1 Å². The standard InChI is InChI=1S/C34H20Br2F6N2O7/c1-3-5-15-49-31-25(43(45)46)11-13-27(29(31)21-9-7-19(17-23(21)35)33(37,38)39)51-28-14-12-26(44(47)48)32(50-16-6-4-2)30(28)22-10-8-20(18-24(22)36)34(40,41)42/h1-2,7-14,17-18H,5-6,15-16H2. The minimum absolute atomic E-state index is 0.0251. The van der Waals surface area contributed by atoms with Gasteiger partial charge in [-0.15, -0.1) is 24.7 Å². The first-order chi connectivity index (χ1) is 24.0. The van der Waals surface area contributed by atoms with E-state index in [1.54, 1.807) is 0 Å². The Morgan fingerprint density at radius 2 is 1.02 bits per heavy atom. The van der Waals surface area contributed by atoms with Gasteiger partial charge in [-0.25, -0.2) is 0 Å². The van der Waals surface area contributed by atoms with Gasteiger partial charge in [-0.3, -0.25) is 20.2 Å². The zero-order valence-corrected chi connectivity index (χ0v) is 28.7. The van der Waals surface area contributed by atoms with Gasteiger partial charge in [-0.1, -0.05) is 44.0 Å². The van der Waals surface area contributed by atoms with Crippen LogP contribution >= 0.6 is 31.9 Å². The average molecular weight is 842 g/mol. The molecule has 0 aliphatic heterocycles. The molecule has 0 saturated heterocycles. The molecule has 0 bridgehead atoms. The molecule has 0 aromatic heterocycles. The van der Waals surface area contributed by atoms with E-state index in [1.807, 2.05) is 0 Å². The van der Waals surface area contributed by atoms with Crippen molar-refractivity contribution in [3.63, 3.8) is 0 Å². The van der Waals surface area contributed by atoms with Crippen molar-refractivity contribution in [2.45, 2.75) is 25.2 Å². The molecule has 4 aromatic carbocycles. The van der Waals surface area contributed by atoms with Crippen LogP contribution in [0, 0.1) is 44.9 Å². The van der Waals surface area contributed by atoms with Crippen LogP contribution in [-0.2, 0) is 12.4 Å². The van der Waals surface area contributed by atoms with E-state index in [1.165, 1.54) is 0 Å². The third-order valence-corrected chi connectivity index (χ3v) is 8.24. The van der Waals surface area contributed by atoms with Crippen molar-refractivity contribution in [3.05, 3.63) is 101 Å². The average Bonchev–Trinajstić information content (AvgIpc) is 3.04. The van der Waals surface area contributed by atoms with E-state index < -0.39 is 56.2 Å². The topological polar surface area (TPSA) is 114 Å². The lowest BCUT2D eigenvalue weighted by atomic mass is 9.99. The lowest BCUT2D eigenvalue weighted by molar-refractivity contribution is -0.385. The number of terminal acetylenes is 2. The fourth-order valence-corrected chi connectivity index (χ4v) is 5.85. The molecular formula is C34H20Br2F6N2O7. The molecule has 0 unspecified atom stereocenters. The van der Waals surface area contributed by atoms with Gasteiger partial charge in [-0.2, -0.15) is 26.3 Å². The predicted octanol–water partition coefficient (Wildman–Crippen LogP) is 11.0. The Morgan fingerprint density at radius 3 is 1.31 bits per heavy atom. The second-order valence-electron chi connectivity index (χ2n) is 10.2. The van der Waals surface area contributed by atoms with Crippen LogP contribution in [0.2, 0.25) is 0 Å². The lowest BCUT2D eigenvalue weighted by Crippen LogP contribution is -2.07. The molecule has 0 saturated carbocycles. The van der Waals surface area contributed by atoms with Gasteiger partial charge in [0.15, 0.2) is 0 Å². The number of hydrogen-bond acceptors (Lipinski definition) is 7. The van der Waals surface area contributed by atoms with Crippen LogP contribution in [0.15, 0.2) is 69.6 Å². The van der Waals surface area contributed by atoms with Crippen molar-refractivity contribution in [1.29, 1.82) is 0 Å². The maximum absolute atomic E-state index is 13.6. The Hall–Kier alpha value is -5.26. The maximum atomic E-state index is 13.6. The SMILES string of the molecule is C#CCCOc1c([N+](=O)[O-])ccc(Oc2ccc([N+](=O)[O-])c(OCCC#C)c2-c2ccc(C(F)(F)F)cc2Br)c1-c1ccc(C(F)(F)F)cc1Br. The van der Waals surface area contributed by atoms with Gasteiger partial charge in [0.25, 0.3) is 0 Å². The van der Waals surface area contributed by atoms with Crippen molar-refractivity contribution < 1.29 is 50.4 Å². The molecule has 51 heavy (non-hydrogen) atoms. The van der Waals surface area contributed by atoms with E-state index in [0.717, 1.165) is 60.7 Å². The molecule has 264 valence electrons. The van der Waals surface area contributed by atoms with Gasteiger partial charge in [0, 0.05) is 45.0 Å². The van der Waals surface area contributed by atoms with Gasteiger partial charge in [0.1, 0.15) is 11.5 Å². The number of ether oxygens (including phenoxy) is 3. The van der Waals surface area contributed by atoms with Gasteiger partial charge in [0.2, 0.25) is 11.5 Å². The lowest BCUT2D eigenvalue weighted by Gasteiger charge is -2.21. The van der Waals surface area contributed by atoms with Gasteiger partial charge in [0.05, 0.1) is 45.3 Å². The number of halogens is 8. The number of rotatable bonds is 12. The van der Waals surface area contributed by atoms with Crippen LogP contribution in [0.1, 0.15) is 24.0 Å². The predicted molar refractivity (Wildman–Crippen MR) is 180 cm³/mol. The molecule has 0 N–H and O–H groups in total. The molecule has 4 aromatic rings. The molecule has 9 nitrogen and oxygen atoms in total. The Labute approximate surface area is 302 Å². The molecule has 0 fully saturated rings. The van der Waals surface area contributed by atoms with Gasteiger partial charge >= 0.3 is 23.7 Å². The van der Waals surface area contributed by atoms with Gasteiger partial charge < -0.3 is 14.2 Å². The Bertz CT molecular complexity index is 1940. The number of nitro groups is 2. The molecule has 0 amide bonds. The molecule has 0 aliphatic rings. The minimum Gasteiger partial charge on any atom is -0.485 e. The van der Waals surface area contributed by atoms with Crippen molar-refractivity contribution in [3.8, 4) is 69.9 Å². The monoisotopic (exact) mass is 840 g/mol. The number of benzene rings is 4. The number of hydrogen-bond donors (Lipinski definition) is 0. The fourth-order valence-electron chi connectivity index (χ4n) is 4.70. The highest BCUT2D eigenvalue weighted by molar-refractivity contribution is 9.11. The molecule has 17 heteroatoms. The number of nitrogens with zero attached hydrogens (tertiary/aromatic N) is 2. The third-order valence-electron chi connectivity index (χ3n) is 6.93. The summed E-state index contributed by atoms with van der Waals surface area (Å²) in [6, 6.07) is 9.15. The van der Waals surface area contributed by atoms with Crippen molar-refractivity contribution >= 4 is 43.2 Å². The summed E-state index contributed by atoms with van der Waals surface area (Å²) in [5.41, 5.74) is -3.94. The number of alkyl halides is 6. The van der Waals surface area contributed by atoms with E-state index in [9.17, 15) is 46.6 Å². The van der Waals surface area contributed by atoms with Crippen molar-refractivity contribution in [1.82, 2.24) is 0 Å². The summed E-state index contributed by atoms with van der Waals surface area (Å²) >= 11 is 6.21. The highest BCUT2D eigenvalue weighted by atomic mass is 79.9. The Kier molecular flexibility index (Phi) is 11.9. The molecule has 0 heterocycles. The van der Waals surface area contributed by atoms with Crippen LogP contribution < -0.4 is 14.2 Å². The summed E-state index contributed by atoms with van der Waals surface area (Å²) in [5.74, 6) is 3.17. The molecule has 0 radical (unpaired) electrons. The molecule has 0 spiro atoms. The summed E-state index contributed by atoms with van der Waals surface area (Å²) in [7, 11) is 0. The van der Waals surface area contributed by atoms with Crippen LogP contribution in [0.4, 0.5) is 37.7 Å². The maximum Gasteiger partial charge on any atom is 0.416 e. The summed E-state index contributed by atoms with van der Waals surface area (Å²) in [4.78, 5) is 22.7. The first-order valence-electron chi connectivity index (χ1n) is 14.2. The van der Waals surface area contributed by atoms with Crippen molar-refractivity contribution in [2.24, 2.45) is 0 Å². The summed E-state index contributed by atoms with van der Waals surface area (Å²) < 4.78 is 98.8. The second kappa shape index (κ2) is 15.7. The number of nitro benzene ring substituents is 2. The third kappa shape index (κ3) is 8.73. The highest BCUT2D eigenvalue weighted by Crippen LogP contribution is 2.53. The summed E-state index contributed by atoms with van der Waals surface area (Å²) in [6.45, 7) is -0.527. The zero-order valence-electron chi connectivity index (χ0n) is 25.5. The van der Waals surface area contributed by atoms with Crippen molar-refractivity contribution in [2.75, 3.05) is 13.2 Å². The molecule has 4 rings (SSSR count). The fraction of sp³-hybridized carbons (Fsp3) is 0.176. The van der Waals surface area contributed by atoms with Gasteiger partial charge in [-0.05, 0) is 36.4 Å². The molecule has 0 aliphatic carbocycles. The largest absolute Gasteiger partial charge is 0.485 e. The quantitative estimate of drug-likeness (QED) is 0.0459. The van der Waals surface area contributed by atoms with Crippen LogP contribution in [0.3, 0.4) is 0 Å². The van der Waals surface area contributed by atoms with E-state index in [4.69, 9.17) is 27.1 Å². The summed E-state index contributed by atoms with van der Waals surface area (Å²) in [5, 5.41) is 24.3. The first-order valence-corrected chi connectivity index (χ1v) is 15.8. The van der Waals surface area contributed by atoms with E-state index in [0.29, 0.717) is 0 Å². The van der Waals surface area contributed by atoms with Crippen LogP contribution in [0.5, 0.6) is 23.0 Å². The summed E-state index contributed by atoms with van der Waals surface area (Å²) in [6.07, 6.45) is 1.08. The Morgan fingerprint density at radius 1 is 0.647 bits per heavy atom. The zero-order chi connectivity index (χ0) is 37.7. The van der Waals surface area contributed by atoms with Crippen LogP contribution in [0.25, 0.3) is 22.3 Å². The highest BCUT2D eigenvalue weighted by Gasteiger charge is 2.35. The molecule has 0 atom stereocenters.